The number of nitrogens with one attached hydrogen (secondary N) is 2. The van der Waals surface area contributed by atoms with Crippen LogP contribution in [0.5, 0.6) is 0 Å². The van der Waals surface area contributed by atoms with Crippen LogP contribution < -0.4 is 15.5 Å². The molecule has 4 aliphatic heterocycles. The predicted molar refractivity (Wildman–Crippen MR) is 226 cm³/mol. The molecule has 1 spiro atoms. The standard InChI is InChI=1S/C44H53F4N9O3S/c1-42(2,60)28-56-27-31(24-50-56)39-35(44(46,47)48)25-49-41(53-39)51-37-9-7-33(23-36(37)45)61-57-17-11-29(12-18-57)26-54-19-13-43(14-20-54)15-21-55(22-16-43)32-5-3-30(4-6-32)34-8-10-38(58)52-40(34)59/h3-7,9,23-25,27,29,34,60H,8,10-22,26,28H2,1-2H3,(H,49,51,53)(H,52,58,59). The molecule has 0 bridgehead atoms. The van der Waals surface area contributed by atoms with Gasteiger partial charge in [0, 0.05) is 67.7 Å². The molecular formula is C44H53F4N9O3S. The minimum Gasteiger partial charge on any atom is -0.389 e. The molecule has 17 heteroatoms. The first kappa shape index (κ1) is 43.1. The third kappa shape index (κ3) is 10.6. The van der Waals surface area contributed by atoms with E-state index in [4.69, 9.17) is 0 Å². The maximum absolute atomic E-state index is 15.4. The van der Waals surface area contributed by atoms with Gasteiger partial charge in [-0.1, -0.05) is 12.1 Å². The summed E-state index contributed by atoms with van der Waals surface area (Å²) >= 11 is 1.51. The molecule has 2 amide bonds. The first-order valence-corrected chi connectivity index (χ1v) is 22.0. The number of amides is 2. The Morgan fingerprint density at radius 1 is 0.934 bits per heavy atom. The van der Waals surface area contributed by atoms with E-state index in [1.54, 1.807) is 26.0 Å². The second-order valence-corrected chi connectivity index (χ2v) is 19.0. The van der Waals surface area contributed by atoms with Crippen LogP contribution in [0.1, 0.15) is 82.3 Å². The van der Waals surface area contributed by atoms with Crippen LogP contribution in [0.3, 0.4) is 0 Å². The van der Waals surface area contributed by atoms with E-state index in [1.165, 1.54) is 66.5 Å². The van der Waals surface area contributed by atoms with Crippen molar-refractivity contribution in [2.75, 3.05) is 56.0 Å². The number of alkyl halides is 3. The molecular weight excluding hydrogens is 811 g/mol. The maximum Gasteiger partial charge on any atom is 0.419 e. The molecule has 8 rings (SSSR count). The molecule has 326 valence electrons. The number of imide groups is 1. The molecule has 4 saturated heterocycles. The molecule has 4 aliphatic rings. The maximum atomic E-state index is 15.4. The zero-order chi connectivity index (χ0) is 42.9. The van der Waals surface area contributed by atoms with Gasteiger partial charge < -0.3 is 20.2 Å². The van der Waals surface area contributed by atoms with Gasteiger partial charge in [0.05, 0.1) is 35.6 Å². The van der Waals surface area contributed by atoms with Gasteiger partial charge in [0.25, 0.3) is 0 Å². The molecule has 4 fully saturated rings. The Bertz CT molecular complexity index is 2190. The Morgan fingerprint density at radius 3 is 2.30 bits per heavy atom. The number of carbonyl (C=O) groups excluding carboxylic acids is 2. The van der Waals surface area contributed by atoms with Gasteiger partial charge in [-0.15, -0.1) is 0 Å². The molecule has 1 atom stereocenters. The quantitative estimate of drug-likeness (QED) is 0.0782. The number of rotatable bonds is 11. The number of piperidine rings is 4. The molecule has 2 aromatic carbocycles. The van der Waals surface area contributed by atoms with Gasteiger partial charge >= 0.3 is 6.18 Å². The molecule has 0 radical (unpaired) electrons. The van der Waals surface area contributed by atoms with E-state index in [0.29, 0.717) is 30.4 Å². The highest BCUT2D eigenvalue weighted by molar-refractivity contribution is 7.97. The van der Waals surface area contributed by atoms with Crippen molar-refractivity contribution in [3.63, 3.8) is 0 Å². The molecule has 1 unspecified atom stereocenters. The topological polar surface area (TPSA) is 132 Å². The lowest BCUT2D eigenvalue weighted by Gasteiger charge is -2.48. The van der Waals surface area contributed by atoms with E-state index in [2.05, 4.69) is 51.9 Å². The molecule has 2 aromatic heterocycles. The summed E-state index contributed by atoms with van der Waals surface area (Å²) in [5.74, 6) is -0.799. The number of benzene rings is 2. The summed E-state index contributed by atoms with van der Waals surface area (Å²) in [6.07, 6.45) is 6.46. The van der Waals surface area contributed by atoms with Gasteiger partial charge in [-0.2, -0.15) is 18.3 Å². The Hall–Kier alpha value is -4.58. The highest BCUT2D eigenvalue weighted by atomic mass is 32.2. The molecule has 0 aliphatic carbocycles. The summed E-state index contributed by atoms with van der Waals surface area (Å²) in [6, 6.07) is 13.1. The second kappa shape index (κ2) is 17.7. The van der Waals surface area contributed by atoms with Crippen LogP contribution >= 0.6 is 11.9 Å². The highest BCUT2D eigenvalue weighted by Gasteiger charge is 2.39. The molecule has 12 nitrogen and oxygen atoms in total. The fraction of sp³-hybridized carbons (Fsp3) is 0.523. The van der Waals surface area contributed by atoms with Crippen LogP contribution in [0, 0.1) is 17.2 Å². The van der Waals surface area contributed by atoms with Crippen molar-refractivity contribution in [1.82, 2.24) is 34.3 Å². The normalized spacial score (nSPS) is 20.9. The van der Waals surface area contributed by atoms with Gasteiger partial charge in [-0.05, 0) is 131 Å². The number of aromatic nitrogens is 4. The summed E-state index contributed by atoms with van der Waals surface area (Å²) in [5, 5.41) is 19.4. The van der Waals surface area contributed by atoms with Crippen LogP contribution in [0.2, 0.25) is 0 Å². The van der Waals surface area contributed by atoms with E-state index in [-0.39, 0.29) is 41.5 Å². The number of hydrogen-bond donors (Lipinski definition) is 3. The van der Waals surface area contributed by atoms with Gasteiger partial charge in [0.1, 0.15) is 11.4 Å². The van der Waals surface area contributed by atoms with Gasteiger partial charge in [0.2, 0.25) is 17.8 Å². The van der Waals surface area contributed by atoms with Crippen molar-refractivity contribution >= 4 is 41.1 Å². The fourth-order valence-corrected chi connectivity index (χ4v) is 10.2. The monoisotopic (exact) mass is 863 g/mol. The molecule has 0 saturated carbocycles. The lowest BCUT2D eigenvalue weighted by molar-refractivity contribution is -0.137. The lowest BCUT2D eigenvalue weighted by Crippen LogP contribution is -2.48. The molecule has 61 heavy (non-hydrogen) atoms. The Balaban J connectivity index is 0.778. The first-order chi connectivity index (χ1) is 29.1. The minimum atomic E-state index is -4.73. The van der Waals surface area contributed by atoms with E-state index in [0.717, 1.165) is 69.1 Å². The molecule has 4 aromatic rings. The number of halogens is 4. The summed E-state index contributed by atoms with van der Waals surface area (Å²) in [6.45, 7) is 10.4. The lowest BCUT2D eigenvalue weighted by atomic mass is 9.71. The number of nitrogens with zero attached hydrogens (tertiary/aromatic N) is 7. The number of carbonyl (C=O) groups is 2. The smallest absolute Gasteiger partial charge is 0.389 e. The third-order valence-electron chi connectivity index (χ3n) is 12.7. The largest absolute Gasteiger partial charge is 0.419 e. The predicted octanol–water partition coefficient (Wildman–Crippen LogP) is 7.63. The average Bonchev–Trinajstić information content (AvgIpc) is 3.68. The number of aliphatic hydroxyl groups is 1. The molecule has 6 heterocycles. The summed E-state index contributed by atoms with van der Waals surface area (Å²) in [4.78, 5) is 37.7. The number of likely N-dealkylation sites (tertiary alicyclic amines) is 1. The van der Waals surface area contributed by atoms with Crippen molar-refractivity contribution in [2.24, 2.45) is 11.3 Å². The van der Waals surface area contributed by atoms with Crippen LogP contribution in [0.15, 0.2) is 66.0 Å². The Morgan fingerprint density at radius 2 is 1.64 bits per heavy atom. The fourth-order valence-electron chi connectivity index (χ4n) is 9.19. The highest BCUT2D eigenvalue weighted by Crippen LogP contribution is 2.43. The van der Waals surface area contributed by atoms with Crippen molar-refractivity contribution < 1.29 is 32.3 Å². The van der Waals surface area contributed by atoms with Crippen molar-refractivity contribution in [3.05, 3.63) is 78.0 Å². The third-order valence-corrected chi connectivity index (χ3v) is 13.8. The van der Waals surface area contributed by atoms with Gasteiger partial charge in [-0.3, -0.25) is 19.6 Å². The zero-order valence-corrected chi connectivity index (χ0v) is 35.4. The summed E-state index contributed by atoms with van der Waals surface area (Å²) < 4.78 is 60.8. The van der Waals surface area contributed by atoms with Crippen molar-refractivity contribution in [3.8, 4) is 11.3 Å². The van der Waals surface area contributed by atoms with Crippen LogP contribution in [-0.2, 0) is 22.3 Å². The second-order valence-electron chi connectivity index (χ2n) is 17.8. The molecule has 3 N–H and O–H groups in total. The summed E-state index contributed by atoms with van der Waals surface area (Å²) in [5.41, 5.74) is 0.104. The van der Waals surface area contributed by atoms with Crippen LogP contribution in [-0.4, -0.2) is 97.3 Å². The van der Waals surface area contributed by atoms with E-state index >= 15 is 4.39 Å². The minimum absolute atomic E-state index is 0.0404. The van der Waals surface area contributed by atoms with Crippen molar-refractivity contribution in [2.45, 2.75) is 94.3 Å². The van der Waals surface area contributed by atoms with Crippen molar-refractivity contribution in [1.29, 1.82) is 0 Å². The Labute approximate surface area is 357 Å². The van der Waals surface area contributed by atoms with Crippen LogP contribution in [0.4, 0.5) is 34.9 Å². The van der Waals surface area contributed by atoms with Gasteiger partial charge in [-0.25, -0.2) is 18.7 Å². The first-order valence-electron chi connectivity index (χ1n) is 21.2. The number of anilines is 3. The van der Waals surface area contributed by atoms with E-state index < -0.39 is 28.9 Å². The average molecular weight is 864 g/mol. The van der Waals surface area contributed by atoms with Gasteiger partial charge in [0.15, 0.2) is 0 Å². The summed E-state index contributed by atoms with van der Waals surface area (Å²) in [7, 11) is 0. The Kier molecular flexibility index (Phi) is 12.5. The zero-order valence-electron chi connectivity index (χ0n) is 34.6. The SMILES string of the molecule is CC(C)(O)Cn1cc(-c2nc(Nc3ccc(SN4CCC(CN5CCC6(CC5)CCN(c5ccc(C7CCC(=O)NC7=O)cc5)CC6)CC4)cc3F)ncc2C(F)(F)F)cn1. The number of hydrogen-bond acceptors (Lipinski definition) is 11. The van der Waals surface area contributed by atoms with Crippen LogP contribution in [0.25, 0.3) is 11.3 Å². The van der Waals surface area contributed by atoms with E-state index in [9.17, 15) is 27.9 Å². The van der Waals surface area contributed by atoms with E-state index in [1.807, 2.05) is 12.1 Å².